The molecule has 1 aromatic carbocycles. The first kappa shape index (κ1) is 15.0. The molecular formula is C14H17F2N3S. The van der Waals surface area contributed by atoms with E-state index in [1.165, 1.54) is 11.5 Å². The molecule has 0 aliphatic carbocycles. The van der Waals surface area contributed by atoms with Gasteiger partial charge in [-0.25, -0.2) is 8.78 Å². The Balaban J connectivity index is 2.53. The maximum atomic E-state index is 14.2. The fourth-order valence-corrected chi connectivity index (χ4v) is 3.05. The number of nitrogens with one attached hydrogen (secondary N) is 1. The normalized spacial score (nSPS) is 12.9. The van der Waals surface area contributed by atoms with Crippen molar-refractivity contribution in [3.05, 3.63) is 45.5 Å². The van der Waals surface area contributed by atoms with Crippen LogP contribution in [0.1, 0.15) is 47.5 Å². The zero-order valence-corrected chi connectivity index (χ0v) is 12.7. The van der Waals surface area contributed by atoms with Gasteiger partial charge in [-0.15, -0.1) is 5.10 Å². The van der Waals surface area contributed by atoms with Gasteiger partial charge in [-0.3, -0.25) is 0 Å². The van der Waals surface area contributed by atoms with Crippen LogP contribution in [-0.4, -0.2) is 16.6 Å². The third-order valence-corrected chi connectivity index (χ3v) is 4.06. The van der Waals surface area contributed by atoms with Crippen molar-refractivity contribution in [3.63, 3.8) is 0 Å². The summed E-state index contributed by atoms with van der Waals surface area (Å²) in [5.74, 6) is -1.43. The lowest BCUT2D eigenvalue weighted by molar-refractivity contribution is 0.482. The van der Waals surface area contributed by atoms with Crippen molar-refractivity contribution >= 4 is 11.5 Å². The summed E-state index contributed by atoms with van der Waals surface area (Å²) in [6, 6.07) is 2.75. The molecule has 0 saturated carbocycles. The lowest BCUT2D eigenvalue weighted by Crippen LogP contribution is -2.20. The van der Waals surface area contributed by atoms with Crippen LogP contribution in [0, 0.1) is 18.6 Å². The highest BCUT2D eigenvalue weighted by Gasteiger charge is 2.25. The summed E-state index contributed by atoms with van der Waals surface area (Å²) in [4.78, 5) is 0.824. The fraction of sp³-hybridized carbons (Fsp3) is 0.429. The summed E-state index contributed by atoms with van der Waals surface area (Å²) >= 11 is 1.21. The second-order valence-electron chi connectivity index (χ2n) is 5.00. The fourth-order valence-electron chi connectivity index (χ4n) is 2.12. The number of nitrogens with zero attached hydrogens (tertiary/aromatic N) is 2. The SMILES string of the molecule is CNC(c1ccc(C)c(F)c1F)c1snnc1C(C)C. The third-order valence-electron chi connectivity index (χ3n) is 3.25. The van der Waals surface area contributed by atoms with Gasteiger partial charge >= 0.3 is 0 Å². The molecular weight excluding hydrogens is 280 g/mol. The Morgan fingerprint density at radius 3 is 2.50 bits per heavy atom. The highest BCUT2D eigenvalue weighted by Crippen LogP contribution is 2.32. The number of aromatic nitrogens is 2. The van der Waals surface area contributed by atoms with Crippen molar-refractivity contribution in [1.29, 1.82) is 0 Å². The van der Waals surface area contributed by atoms with Crippen molar-refractivity contribution < 1.29 is 8.78 Å². The molecule has 108 valence electrons. The summed E-state index contributed by atoms with van der Waals surface area (Å²) in [6.45, 7) is 5.54. The maximum absolute atomic E-state index is 14.2. The quantitative estimate of drug-likeness (QED) is 0.937. The largest absolute Gasteiger partial charge is 0.308 e. The summed E-state index contributed by atoms with van der Waals surface area (Å²) in [5, 5.41) is 7.12. The van der Waals surface area contributed by atoms with Crippen molar-refractivity contribution in [2.45, 2.75) is 32.7 Å². The van der Waals surface area contributed by atoms with E-state index in [1.807, 2.05) is 13.8 Å². The van der Waals surface area contributed by atoms with Gasteiger partial charge in [-0.2, -0.15) is 0 Å². The average molecular weight is 297 g/mol. The van der Waals surface area contributed by atoms with E-state index in [2.05, 4.69) is 14.9 Å². The zero-order valence-electron chi connectivity index (χ0n) is 11.9. The highest BCUT2D eigenvalue weighted by atomic mass is 32.1. The van der Waals surface area contributed by atoms with Crippen molar-refractivity contribution in [2.24, 2.45) is 0 Å². The van der Waals surface area contributed by atoms with Crippen LogP contribution >= 0.6 is 11.5 Å². The molecule has 20 heavy (non-hydrogen) atoms. The maximum Gasteiger partial charge on any atom is 0.164 e. The Bertz CT molecular complexity index is 610. The van der Waals surface area contributed by atoms with Gasteiger partial charge in [0.2, 0.25) is 0 Å². The van der Waals surface area contributed by atoms with Crippen LogP contribution in [0.15, 0.2) is 12.1 Å². The zero-order chi connectivity index (χ0) is 14.9. The van der Waals surface area contributed by atoms with Crippen LogP contribution in [-0.2, 0) is 0 Å². The van der Waals surface area contributed by atoms with Gasteiger partial charge in [-0.1, -0.05) is 30.5 Å². The van der Waals surface area contributed by atoms with E-state index in [1.54, 1.807) is 26.1 Å². The monoisotopic (exact) mass is 297 g/mol. The van der Waals surface area contributed by atoms with Gasteiger partial charge in [0.1, 0.15) is 0 Å². The third kappa shape index (κ3) is 2.58. The molecule has 0 amide bonds. The van der Waals surface area contributed by atoms with E-state index in [4.69, 9.17) is 0 Å². The molecule has 6 heteroatoms. The minimum absolute atomic E-state index is 0.179. The van der Waals surface area contributed by atoms with Crippen molar-refractivity contribution in [2.75, 3.05) is 7.05 Å². The van der Waals surface area contributed by atoms with E-state index in [0.29, 0.717) is 5.56 Å². The minimum atomic E-state index is -0.813. The topological polar surface area (TPSA) is 37.8 Å². The predicted molar refractivity (Wildman–Crippen MR) is 76.0 cm³/mol. The summed E-state index contributed by atoms with van der Waals surface area (Å²) in [5.41, 5.74) is 1.39. The van der Waals surface area contributed by atoms with Crippen molar-refractivity contribution in [1.82, 2.24) is 14.9 Å². The first-order chi connectivity index (χ1) is 9.47. The molecule has 1 atom stereocenters. The Labute approximate surface area is 121 Å². The Morgan fingerprint density at radius 1 is 1.20 bits per heavy atom. The Hall–Kier alpha value is -1.40. The summed E-state index contributed by atoms with van der Waals surface area (Å²) in [7, 11) is 1.71. The molecule has 1 N–H and O–H groups in total. The Kier molecular flexibility index (Phi) is 4.45. The highest BCUT2D eigenvalue weighted by molar-refractivity contribution is 7.05. The molecule has 0 saturated heterocycles. The molecule has 0 aliphatic rings. The van der Waals surface area contributed by atoms with Crippen LogP contribution in [0.2, 0.25) is 0 Å². The Morgan fingerprint density at radius 2 is 1.90 bits per heavy atom. The van der Waals surface area contributed by atoms with Gasteiger partial charge in [0, 0.05) is 5.56 Å². The van der Waals surface area contributed by atoms with Crippen LogP contribution in [0.25, 0.3) is 0 Å². The standard InChI is InChI=1S/C14H17F2N3S/c1-7(2)12-14(20-19-18-12)13(17-4)9-6-5-8(3)10(15)11(9)16/h5-7,13,17H,1-4H3. The van der Waals surface area contributed by atoms with E-state index < -0.39 is 17.7 Å². The molecule has 0 fully saturated rings. The van der Waals surface area contributed by atoms with Crippen LogP contribution in [0.3, 0.4) is 0 Å². The smallest absolute Gasteiger partial charge is 0.164 e. The predicted octanol–water partition coefficient (Wildman–Crippen LogP) is 3.56. The minimum Gasteiger partial charge on any atom is -0.308 e. The molecule has 1 aromatic heterocycles. The average Bonchev–Trinajstić information content (AvgIpc) is 2.89. The van der Waals surface area contributed by atoms with Crippen LogP contribution in [0.4, 0.5) is 8.78 Å². The lowest BCUT2D eigenvalue weighted by Gasteiger charge is -2.18. The van der Waals surface area contributed by atoms with Gasteiger partial charge in [0.15, 0.2) is 11.6 Å². The molecule has 3 nitrogen and oxygen atoms in total. The second kappa shape index (κ2) is 5.93. The van der Waals surface area contributed by atoms with Gasteiger partial charge in [0.25, 0.3) is 0 Å². The number of aryl methyl sites for hydroxylation is 1. The van der Waals surface area contributed by atoms with Gasteiger partial charge in [-0.05, 0) is 37.0 Å². The lowest BCUT2D eigenvalue weighted by atomic mass is 9.98. The van der Waals surface area contributed by atoms with Crippen LogP contribution < -0.4 is 5.32 Å². The van der Waals surface area contributed by atoms with Crippen molar-refractivity contribution in [3.8, 4) is 0 Å². The first-order valence-electron chi connectivity index (χ1n) is 6.41. The molecule has 0 radical (unpaired) electrons. The van der Waals surface area contributed by atoms with E-state index >= 15 is 0 Å². The van der Waals surface area contributed by atoms with E-state index in [9.17, 15) is 8.78 Å². The summed E-state index contributed by atoms with van der Waals surface area (Å²) < 4.78 is 31.9. The number of rotatable bonds is 4. The van der Waals surface area contributed by atoms with E-state index in [-0.39, 0.29) is 11.5 Å². The molecule has 1 unspecified atom stereocenters. The molecule has 1 heterocycles. The number of halogens is 2. The van der Waals surface area contributed by atoms with E-state index in [0.717, 1.165) is 10.6 Å². The molecule has 0 aliphatic heterocycles. The number of hydrogen-bond donors (Lipinski definition) is 1. The first-order valence-corrected chi connectivity index (χ1v) is 7.18. The van der Waals surface area contributed by atoms with Gasteiger partial charge < -0.3 is 5.32 Å². The second-order valence-corrected chi connectivity index (χ2v) is 5.78. The summed E-state index contributed by atoms with van der Waals surface area (Å²) in [6.07, 6.45) is 0. The van der Waals surface area contributed by atoms with Gasteiger partial charge in [0.05, 0.1) is 16.6 Å². The molecule has 0 spiro atoms. The van der Waals surface area contributed by atoms with Crippen LogP contribution in [0.5, 0.6) is 0 Å². The number of benzene rings is 1. The molecule has 2 rings (SSSR count). The molecule has 2 aromatic rings. The number of hydrogen-bond acceptors (Lipinski definition) is 4. The molecule has 0 bridgehead atoms.